The number of hydrogen-bond donors (Lipinski definition) is 0. The van der Waals surface area contributed by atoms with Gasteiger partial charge in [-0.3, -0.25) is 0 Å². The molecule has 0 N–H and O–H groups in total. The lowest BCUT2D eigenvalue weighted by Crippen LogP contribution is -2.00. The molecule has 58 heavy (non-hydrogen) atoms. The summed E-state index contributed by atoms with van der Waals surface area (Å²) in [5.74, 6) is 1.80. The van der Waals surface area contributed by atoms with Gasteiger partial charge in [0.2, 0.25) is 0 Å². The Bertz CT molecular complexity index is 3580. The number of hydrogen-bond acceptors (Lipinski definition) is 5. The summed E-state index contributed by atoms with van der Waals surface area (Å²) in [7, 11) is 0. The number of rotatable bonds is 5. The first-order chi connectivity index (χ1) is 28.7. The van der Waals surface area contributed by atoms with Crippen molar-refractivity contribution in [2.75, 3.05) is 0 Å². The van der Waals surface area contributed by atoms with E-state index >= 15 is 0 Å². The minimum absolute atomic E-state index is 0.584. The maximum atomic E-state index is 6.60. The number of aromatic nitrogens is 3. The van der Waals surface area contributed by atoms with E-state index < -0.39 is 0 Å². The summed E-state index contributed by atoms with van der Waals surface area (Å²) >= 11 is 0. The van der Waals surface area contributed by atoms with Crippen LogP contribution in [0, 0.1) is 0 Å². The van der Waals surface area contributed by atoms with Gasteiger partial charge in [-0.05, 0) is 98.4 Å². The zero-order valence-electron chi connectivity index (χ0n) is 31.1. The standard InChI is InChI=1S/C53H31N3O2/c1-2-9-32(10-3-1)36-20-17-34-19-22-40(29-41(34)28-36)52-54-51(39-21-18-33-11-4-5-12-35(33)27-39)55-53(56-52)44-14-8-16-48-50(44)43-25-23-38(31-49(43)58-48)37-24-26-47-45(30-37)42-13-6-7-15-46(42)57-47/h1-31H. The van der Waals surface area contributed by atoms with Crippen LogP contribution in [-0.2, 0) is 0 Å². The van der Waals surface area contributed by atoms with Crippen LogP contribution >= 0.6 is 0 Å². The van der Waals surface area contributed by atoms with E-state index in [1.807, 2.05) is 36.4 Å². The highest BCUT2D eigenvalue weighted by Gasteiger charge is 2.19. The quantitative estimate of drug-likeness (QED) is 0.176. The highest BCUT2D eigenvalue weighted by molar-refractivity contribution is 6.13. The SMILES string of the molecule is c1ccc(-c2ccc3ccc(-c4nc(-c5ccc6ccccc6c5)nc(-c5cccc6oc7cc(-c8ccc9oc%10ccccc%10c9c8)ccc7c56)n4)cc3c2)cc1. The molecular formula is C53H31N3O2. The van der Waals surface area contributed by atoms with E-state index in [1.165, 1.54) is 5.56 Å². The Morgan fingerprint density at radius 2 is 0.845 bits per heavy atom. The largest absolute Gasteiger partial charge is 0.456 e. The first-order valence-electron chi connectivity index (χ1n) is 19.4. The molecule has 3 aromatic heterocycles. The topological polar surface area (TPSA) is 65.0 Å². The summed E-state index contributed by atoms with van der Waals surface area (Å²) in [5, 5.41) is 8.72. The first kappa shape index (κ1) is 32.4. The summed E-state index contributed by atoms with van der Waals surface area (Å²) in [6.45, 7) is 0. The molecule has 0 aliphatic carbocycles. The van der Waals surface area contributed by atoms with Gasteiger partial charge in [0.15, 0.2) is 17.5 Å². The molecule has 0 atom stereocenters. The zero-order chi connectivity index (χ0) is 38.2. The van der Waals surface area contributed by atoms with Gasteiger partial charge in [0, 0.05) is 38.2 Å². The molecule has 0 unspecified atom stereocenters. The van der Waals surface area contributed by atoms with Crippen molar-refractivity contribution in [3.63, 3.8) is 0 Å². The van der Waals surface area contributed by atoms with Gasteiger partial charge in [-0.2, -0.15) is 0 Å². The molecule has 0 bridgehead atoms. The lowest BCUT2D eigenvalue weighted by Gasteiger charge is -2.11. The van der Waals surface area contributed by atoms with Gasteiger partial charge in [0.25, 0.3) is 0 Å². The Labute approximate surface area is 332 Å². The number of fused-ring (bicyclic) bond motifs is 8. The lowest BCUT2D eigenvalue weighted by molar-refractivity contribution is 0.669. The van der Waals surface area contributed by atoms with Crippen molar-refractivity contribution in [3.8, 4) is 56.4 Å². The summed E-state index contributed by atoms with van der Waals surface area (Å²) < 4.78 is 12.7. The predicted octanol–water partition coefficient (Wildman–Crippen LogP) is 14.3. The zero-order valence-corrected chi connectivity index (χ0v) is 31.1. The Hall–Kier alpha value is -7.89. The van der Waals surface area contributed by atoms with Crippen LogP contribution in [0.3, 0.4) is 0 Å². The molecule has 270 valence electrons. The van der Waals surface area contributed by atoms with Gasteiger partial charge in [-0.25, -0.2) is 15.0 Å². The molecule has 0 saturated carbocycles. The molecule has 0 aliphatic rings. The number of furan rings is 2. The van der Waals surface area contributed by atoms with E-state index in [0.29, 0.717) is 17.5 Å². The molecule has 0 saturated heterocycles. The second-order valence-corrected chi connectivity index (χ2v) is 14.8. The van der Waals surface area contributed by atoms with Gasteiger partial charge < -0.3 is 8.83 Å². The van der Waals surface area contributed by atoms with Crippen molar-refractivity contribution in [2.24, 2.45) is 0 Å². The van der Waals surface area contributed by atoms with Crippen molar-refractivity contribution < 1.29 is 8.83 Å². The van der Waals surface area contributed by atoms with E-state index in [2.05, 4.69) is 152 Å². The van der Waals surface area contributed by atoms with Crippen LogP contribution < -0.4 is 0 Å². The average molecular weight is 742 g/mol. The monoisotopic (exact) mass is 741 g/mol. The Balaban J connectivity index is 1.02. The fourth-order valence-corrected chi connectivity index (χ4v) is 8.38. The van der Waals surface area contributed by atoms with Crippen molar-refractivity contribution >= 4 is 65.4 Å². The summed E-state index contributed by atoms with van der Waals surface area (Å²) in [4.78, 5) is 15.6. The Morgan fingerprint density at radius 1 is 0.276 bits per heavy atom. The molecule has 0 aliphatic heterocycles. The van der Waals surface area contributed by atoms with Crippen LogP contribution in [0.25, 0.3) is 122 Å². The third kappa shape index (κ3) is 5.36. The van der Waals surface area contributed by atoms with E-state index in [0.717, 1.165) is 98.8 Å². The van der Waals surface area contributed by atoms with Gasteiger partial charge >= 0.3 is 0 Å². The van der Waals surface area contributed by atoms with Crippen LogP contribution in [0.5, 0.6) is 0 Å². The third-order valence-corrected chi connectivity index (χ3v) is 11.3. The summed E-state index contributed by atoms with van der Waals surface area (Å²) in [6, 6.07) is 65.3. The maximum Gasteiger partial charge on any atom is 0.164 e. The molecule has 0 fully saturated rings. The van der Waals surface area contributed by atoms with Crippen molar-refractivity contribution in [2.45, 2.75) is 0 Å². The van der Waals surface area contributed by atoms with Crippen molar-refractivity contribution in [3.05, 3.63) is 188 Å². The minimum atomic E-state index is 0.584. The molecule has 9 aromatic carbocycles. The lowest BCUT2D eigenvalue weighted by atomic mass is 9.99. The maximum absolute atomic E-state index is 6.60. The van der Waals surface area contributed by atoms with Crippen molar-refractivity contribution in [1.29, 1.82) is 0 Å². The second-order valence-electron chi connectivity index (χ2n) is 14.8. The molecule has 3 heterocycles. The molecule has 5 nitrogen and oxygen atoms in total. The molecule has 0 amide bonds. The van der Waals surface area contributed by atoms with Crippen LogP contribution in [0.4, 0.5) is 0 Å². The molecule has 0 spiro atoms. The first-order valence-corrected chi connectivity index (χ1v) is 19.4. The molecular weight excluding hydrogens is 711 g/mol. The van der Waals surface area contributed by atoms with Crippen LogP contribution in [-0.4, -0.2) is 15.0 Å². The Morgan fingerprint density at radius 3 is 1.69 bits per heavy atom. The fourth-order valence-electron chi connectivity index (χ4n) is 8.38. The van der Waals surface area contributed by atoms with E-state index in [4.69, 9.17) is 23.8 Å². The van der Waals surface area contributed by atoms with Gasteiger partial charge in [0.1, 0.15) is 22.3 Å². The van der Waals surface area contributed by atoms with Gasteiger partial charge in [0.05, 0.1) is 0 Å². The summed E-state index contributed by atoms with van der Waals surface area (Å²) in [5.41, 5.74) is 10.5. The van der Waals surface area contributed by atoms with Crippen LogP contribution in [0.1, 0.15) is 0 Å². The van der Waals surface area contributed by atoms with Crippen LogP contribution in [0.2, 0.25) is 0 Å². The fraction of sp³-hybridized carbons (Fsp3) is 0. The van der Waals surface area contributed by atoms with Crippen molar-refractivity contribution in [1.82, 2.24) is 15.0 Å². The number of nitrogens with zero attached hydrogens (tertiary/aromatic N) is 3. The Kier molecular flexibility index (Phi) is 7.16. The second kappa shape index (κ2) is 12.8. The normalized spacial score (nSPS) is 11.8. The number of para-hydroxylation sites is 1. The molecule has 0 radical (unpaired) electrons. The predicted molar refractivity (Wildman–Crippen MR) is 237 cm³/mol. The van der Waals surface area contributed by atoms with Gasteiger partial charge in [-0.15, -0.1) is 0 Å². The third-order valence-electron chi connectivity index (χ3n) is 11.3. The van der Waals surface area contributed by atoms with E-state index in [9.17, 15) is 0 Å². The van der Waals surface area contributed by atoms with Gasteiger partial charge in [-0.1, -0.05) is 133 Å². The highest BCUT2D eigenvalue weighted by atomic mass is 16.3. The summed E-state index contributed by atoms with van der Waals surface area (Å²) in [6.07, 6.45) is 0. The minimum Gasteiger partial charge on any atom is -0.456 e. The number of benzene rings is 9. The molecule has 12 rings (SSSR count). The smallest absolute Gasteiger partial charge is 0.164 e. The van der Waals surface area contributed by atoms with E-state index in [-0.39, 0.29) is 0 Å². The van der Waals surface area contributed by atoms with Crippen LogP contribution in [0.15, 0.2) is 197 Å². The van der Waals surface area contributed by atoms with E-state index in [1.54, 1.807) is 0 Å². The highest BCUT2D eigenvalue weighted by Crippen LogP contribution is 2.40. The molecule has 12 aromatic rings. The molecule has 5 heteroatoms. The average Bonchev–Trinajstić information content (AvgIpc) is 3.86.